The number of hydrogen-bond donors (Lipinski definition) is 1. The molecule has 7 nitrogen and oxygen atoms in total. The van der Waals surface area contributed by atoms with Crippen LogP contribution in [0.2, 0.25) is 0 Å². The van der Waals surface area contributed by atoms with E-state index in [2.05, 4.69) is 12.1 Å². The average Bonchev–Trinajstić information content (AvgIpc) is 3.82. The summed E-state index contributed by atoms with van der Waals surface area (Å²) in [5.74, 6) is 0.261. The first-order chi connectivity index (χ1) is 23.2. The molecule has 11 heteroatoms. The van der Waals surface area contributed by atoms with Crippen molar-refractivity contribution in [2.45, 2.75) is 6.18 Å². The molecule has 0 bridgehead atoms. The molecule has 5 aromatic rings. The van der Waals surface area contributed by atoms with Gasteiger partial charge in [0.05, 0.1) is 5.69 Å². The molecule has 0 saturated carbocycles. The van der Waals surface area contributed by atoms with Gasteiger partial charge in [-0.1, -0.05) is 42.0 Å². The van der Waals surface area contributed by atoms with E-state index in [1.807, 2.05) is 138 Å². The van der Waals surface area contributed by atoms with Crippen LogP contribution in [0, 0.1) is 32.1 Å². The number of hydrogen-bond acceptors (Lipinski definition) is 7. The van der Waals surface area contributed by atoms with Crippen LogP contribution in [0.1, 0.15) is 5.56 Å². The number of benzene rings is 5. The van der Waals surface area contributed by atoms with Crippen molar-refractivity contribution in [1.29, 1.82) is 0 Å². The van der Waals surface area contributed by atoms with Gasteiger partial charge >= 0.3 is 6.18 Å². The normalized spacial score (nSPS) is 14.8. The predicted octanol–water partition coefficient (Wildman–Crippen LogP) is 9.03. The summed E-state index contributed by atoms with van der Waals surface area (Å²) in [5.41, 5.74) is 5.12. The molecule has 0 unspecified atom stereocenters. The van der Waals surface area contributed by atoms with Gasteiger partial charge in [-0.3, -0.25) is 0 Å². The van der Waals surface area contributed by atoms with Crippen LogP contribution in [0.5, 0.6) is 5.75 Å². The van der Waals surface area contributed by atoms with Gasteiger partial charge < -0.3 is 34.5 Å². The number of alkyl halides is 3. The fourth-order valence-electron chi connectivity index (χ4n) is 5.74. The van der Waals surface area contributed by atoms with Gasteiger partial charge in [-0.05, 0) is 62.9 Å². The fourth-order valence-corrected chi connectivity index (χ4v) is 5.74. The minimum absolute atomic E-state index is 0. The summed E-state index contributed by atoms with van der Waals surface area (Å²) >= 11 is 0. The van der Waals surface area contributed by atoms with Gasteiger partial charge in [0.1, 0.15) is 5.75 Å². The molecule has 0 aromatic heterocycles. The smallest absolute Gasteiger partial charge is 0.394 e. The molecule has 49 heavy (non-hydrogen) atoms. The maximum Gasteiger partial charge on any atom is 0.394 e. The number of nitrogens with zero attached hydrogens (tertiary/aromatic N) is 6. The molecule has 1 N–H and O–H groups in total. The van der Waals surface area contributed by atoms with Gasteiger partial charge in [-0.15, -0.1) is 41.9 Å². The van der Waals surface area contributed by atoms with Gasteiger partial charge in [0, 0.05) is 42.9 Å². The maximum atomic E-state index is 13.8. The Morgan fingerprint density at radius 2 is 1.08 bits per heavy atom. The number of aromatic hydroxyl groups is 1. The number of fused-ring (bicyclic) bond motifs is 2. The van der Waals surface area contributed by atoms with Crippen molar-refractivity contribution < 1.29 is 38.4 Å². The molecule has 0 aliphatic carbocycles. The monoisotopic (exact) mass is 836 g/mol. The Morgan fingerprint density at radius 1 is 0.592 bits per heavy atom. The van der Waals surface area contributed by atoms with Crippen LogP contribution in [0.25, 0.3) is 0 Å². The standard InChI is InChI=1S/C23H18F3N4.C15H12N2O.Ir/c1-27-14-29(21-9-5-3-7-19(21)27)17-11-16(23(24,25)26)12-18(13-17)30-15-28(2)20-8-4-6-10-22(20)30;18-15-9-5-4-8-14(15)17-11-10-16(12-17)13-6-2-1-3-7-13;/h3-12,14-15H,1-2H3;1-6,8-12,18H;/q-3;-2;. The summed E-state index contributed by atoms with van der Waals surface area (Å²) in [7, 11) is 3.74. The van der Waals surface area contributed by atoms with Gasteiger partial charge in [-0.25, -0.2) is 0 Å². The van der Waals surface area contributed by atoms with E-state index in [1.54, 1.807) is 35.3 Å². The molecule has 1 radical (unpaired) electrons. The zero-order chi connectivity index (χ0) is 33.4. The number of rotatable bonds is 4. The van der Waals surface area contributed by atoms with Crippen LogP contribution in [0.4, 0.5) is 58.7 Å². The van der Waals surface area contributed by atoms with E-state index in [0.29, 0.717) is 11.4 Å². The van der Waals surface area contributed by atoms with Gasteiger partial charge in [0.15, 0.2) is 0 Å². The first-order valence-electron chi connectivity index (χ1n) is 15.1. The Balaban J connectivity index is 0.000000188. The molecule has 0 spiro atoms. The van der Waals surface area contributed by atoms with Crippen molar-refractivity contribution in [1.82, 2.24) is 0 Å². The van der Waals surface area contributed by atoms with E-state index < -0.39 is 11.7 Å². The second kappa shape index (κ2) is 13.8. The molecule has 8 rings (SSSR count). The van der Waals surface area contributed by atoms with Crippen molar-refractivity contribution >= 4 is 45.5 Å². The summed E-state index contributed by atoms with van der Waals surface area (Å²) in [4.78, 5) is 11.1. The fraction of sp³-hybridized carbons (Fsp3) is 0.0789. The molecule has 0 atom stereocenters. The molecule has 5 aromatic carbocycles. The Labute approximate surface area is 297 Å². The van der Waals surface area contributed by atoms with E-state index in [1.165, 1.54) is 0 Å². The molecule has 3 aliphatic heterocycles. The molecule has 3 aliphatic rings. The molecular weight excluding hydrogens is 806 g/mol. The van der Waals surface area contributed by atoms with Crippen LogP contribution in [0.15, 0.2) is 122 Å². The molecule has 3 heterocycles. The summed E-state index contributed by atoms with van der Waals surface area (Å²) in [6.45, 7) is 5.45. The molecule has 0 saturated heterocycles. The third-order valence-electron chi connectivity index (χ3n) is 8.07. The average molecular weight is 836 g/mol. The Morgan fingerprint density at radius 3 is 1.59 bits per heavy atom. The SMILES string of the molecule is CN1[CH-]N(c2[c-]c(N3[CH-]N(C)c4ccccc43)cc(C(F)(F)F)c2)c2ccccc21.Oc1ccccc1N1C=CN(c2[c-]cccc2)[CH-]1.[Ir]. The van der Waals surface area contributed by atoms with Crippen LogP contribution in [-0.4, -0.2) is 19.2 Å². The largest absolute Gasteiger partial charge is 0.506 e. The van der Waals surface area contributed by atoms with E-state index in [-0.39, 0.29) is 25.9 Å². The Kier molecular flexibility index (Phi) is 9.50. The van der Waals surface area contributed by atoms with E-state index >= 15 is 0 Å². The van der Waals surface area contributed by atoms with Crippen molar-refractivity contribution in [2.75, 3.05) is 43.5 Å². The molecule has 0 fully saturated rings. The molecule has 0 amide bonds. The molecular formula is C38H30F3IrN6O-5. The summed E-state index contributed by atoms with van der Waals surface area (Å²) in [5, 5.41) is 9.81. The number of para-hydroxylation sites is 7. The van der Waals surface area contributed by atoms with Crippen LogP contribution in [0.3, 0.4) is 0 Å². The van der Waals surface area contributed by atoms with Gasteiger partial charge in [0.2, 0.25) is 0 Å². The summed E-state index contributed by atoms with van der Waals surface area (Å²) < 4.78 is 41.3. The van der Waals surface area contributed by atoms with Crippen LogP contribution in [-0.2, 0) is 26.3 Å². The summed E-state index contributed by atoms with van der Waals surface area (Å²) in [6, 6.07) is 38.8. The maximum absolute atomic E-state index is 13.8. The summed E-state index contributed by atoms with van der Waals surface area (Å²) in [6.07, 6.45) is -0.650. The topological polar surface area (TPSA) is 39.7 Å². The first-order valence-corrected chi connectivity index (χ1v) is 15.1. The van der Waals surface area contributed by atoms with Crippen molar-refractivity contribution in [2.24, 2.45) is 0 Å². The number of phenolic OH excluding ortho intramolecular Hbond substituents is 1. The van der Waals surface area contributed by atoms with Gasteiger partial charge in [0.25, 0.3) is 0 Å². The zero-order valence-electron chi connectivity index (χ0n) is 26.4. The zero-order valence-corrected chi connectivity index (χ0v) is 28.8. The predicted molar refractivity (Wildman–Crippen MR) is 185 cm³/mol. The third kappa shape index (κ3) is 6.77. The van der Waals surface area contributed by atoms with Gasteiger partial charge in [-0.2, -0.15) is 56.8 Å². The minimum atomic E-state index is -4.48. The number of anilines is 8. The third-order valence-corrected chi connectivity index (χ3v) is 8.07. The van der Waals surface area contributed by atoms with E-state index in [0.717, 1.165) is 46.3 Å². The first kappa shape index (κ1) is 33.8. The second-order valence-corrected chi connectivity index (χ2v) is 11.3. The van der Waals surface area contributed by atoms with Crippen molar-refractivity contribution in [3.63, 3.8) is 0 Å². The second-order valence-electron chi connectivity index (χ2n) is 11.3. The van der Waals surface area contributed by atoms with E-state index in [9.17, 15) is 18.3 Å². The Hall–Kier alpha value is -5.12. The molecule has 253 valence electrons. The van der Waals surface area contributed by atoms with Crippen LogP contribution >= 0.6 is 0 Å². The Bertz CT molecular complexity index is 1880. The van der Waals surface area contributed by atoms with Crippen molar-refractivity contribution in [3.8, 4) is 5.75 Å². The van der Waals surface area contributed by atoms with E-state index in [4.69, 9.17) is 0 Å². The number of halogens is 3. The van der Waals surface area contributed by atoms with Crippen LogP contribution < -0.4 is 29.4 Å². The quantitative estimate of drug-likeness (QED) is 0.181. The minimum Gasteiger partial charge on any atom is -0.506 e. The van der Waals surface area contributed by atoms with Crippen molar-refractivity contribution in [3.05, 3.63) is 159 Å². The number of phenols is 1.